The molecular formula is C20H20N2. The zero-order valence-corrected chi connectivity index (χ0v) is 13.3. The number of benzene rings is 2. The van der Waals surface area contributed by atoms with E-state index >= 15 is 0 Å². The molecule has 0 saturated heterocycles. The van der Waals surface area contributed by atoms with E-state index in [2.05, 4.69) is 55.6 Å². The van der Waals surface area contributed by atoms with Crippen molar-refractivity contribution in [3.63, 3.8) is 0 Å². The Bertz CT molecular complexity index is 789. The second-order valence-electron chi connectivity index (χ2n) is 5.27. The van der Waals surface area contributed by atoms with E-state index in [1.807, 2.05) is 18.2 Å². The molecule has 0 aliphatic rings. The molecule has 2 aromatic carbocycles. The Balaban J connectivity index is 2.40. The smallest absolute Gasteiger partial charge is 0.0725 e. The van der Waals surface area contributed by atoms with Crippen molar-refractivity contribution in [3.05, 3.63) is 64.2 Å². The third-order valence-corrected chi connectivity index (χ3v) is 3.62. The summed E-state index contributed by atoms with van der Waals surface area (Å²) in [5, 5.41) is 7.74. The first-order chi connectivity index (χ1) is 10.5. The molecule has 0 fully saturated rings. The van der Waals surface area contributed by atoms with Gasteiger partial charge in [-0.2, -0.15) is 0 Å². The Labute approximate surface area is 132 Å². The van der Waals surface area contributed by atoms with Gasteiger partial charge in [-0.3, -0.25) is 4.99 Å². The molecule has 2 heteroatoms. The number of nitrogens with one attached hydrogen (secondary N) is 1. The van der Waals surface area contributed by atoms with E-state index in [1.165, 1.54) is 11.1 Å². The first kappa shape index (κ1) is 15.7. The van der Waals surface area contributed by atoms with Gasteiger partial charge in [-0.15, -0.1) is 0 Å². The Morgan fingerprint density at radius 1 is 1.18 bits per heavy atom. The predicted molar refractivity (Wildman–Crippen MR) is 94.7 cm³/mol. The summed E-state index contributed by atoms with van der Waals surface area (Å²) in [5.41, 5.74) is 6.39. The van der Waals surface area contributed by atoms with Crippen molar-refractivity contribution >= 4 is 18.1 Å². The summed E-state index contributed by atoms with van der Waals surface area (Å²) in [4.78, 5) is 3.99. The SMILES string of the molecule is C=Nc1cc(C#Cc2cc(CC)ccc2C)ccc1C(C)=N. The standard InChI is InChI=1S/C20H20N2/c1-5-16-7-6-14(2)18(12-16)10-8-17-9-11-19(15(3)21)20(13-17)22-4/h6-7,9,11-13,21H,4-5H2,1-3H3. The Morgan fingerprint density at radius 3 is 2.59 bits per heavy atom. The van der Waals surface area contributed by atoms with E-state index in [4.69, 9.17) is 5.41 Å². The van der Waals surface area contributed by atoms with Crippen molar-refractivity contribution in [2.75, 3.05) is 0 Å². The average molecular weight is 288 g/mol. The molecule has 0 atom stereocenters. The molecule has 0 heterocycles. The molecule has 0 aliphatic carbocycles. The molecule has 2 nitrogen and oxygen atoms in total. The third kappa shape index (κ3) is 3.51. The summed E-state index contributed by atoms with van der Waals surface area (Å²) in [6.45, 7) is 9.53. The van der Waals surface area contributed by atoms with Gasteiger partial charge in [0.05, 0.1) is 5.69 Å². The fraction of sp³-hybridized carbons (Fsp3) is 0.200. The lowest BCUT2D eigenvalue weighted by atomic mass is 10.0. The molecule has 0 unspecified atom stereocenters. The van der Waals surface area contributed by atoms with Crippen LogP contribution < -0.4 is 0 Å². The van der Waals surface area contributed by atoms with E-state index in [1.54, 1.807) is 6.92 Å². The number of hydrogen-bond acceptors (Lipinski definition) is 2. The lowest BCUT2D eigenvalue weighted by molar-refractivity contribution is 1.13. The van der Waals surface area contributed by atoms with Crippen LogP contribution in [0.3, 0.4) is 0 Å². The van der Waals surface area contributed by atoms with Crippen LogP contribution in [0.4, 0.5) is 5.69 Å². The van der Waals surface area contributed by atoms with Crippen molar-refractivity contribution in [2.45, 2.75) is 27.2 Å². The molecule has 2 rings (SSSR count). The van der Waals surface area contributed by atoms with Crippen molar-refractivity contribution in [3.8, 4) is 11.8 Å². The molecule has 0 aliphatic heterocycles. The monoisotopic (exact) mass is 288 g/mol. The minimum absolute atomic E-state index is 0.480. The number of aliphatic imine (C=N–C) groups is 1. The largest absolute Gasteiger partial charge is 0.305 e. The molecule has 0 radical (unpaired) electrons. The van der Waals surface area contributed by atoms with Crippen LogP contribution in [0.5, 0.6) is 0 Å². The quantitative estimate of drug-likeness (QED) is 0.629. The highest BCUT2D eigenvalue weighted by Crippen LogP contribution is 2.21. The van der Waals surface area contributed by atoms with Gasteiger partial charge < -0.3 is 5.41 Å². The van der Waals surface area contributed by atoms with Gasteiger partial charge in [-0.1, -0.05) is 30.9 Å². The number of hydrogen-bond donors (Lipinski definition) is 1. The molecule has 2 aromatic rings. The Hall–Kier alpha value is -2.66. The van der Waals surface area contributed by atoms with E-state index in [-0.39, 0.29) is 0 Å². The maximum absolute atomic E-state index is 7.74. The normalized spacial score (nSPS) is 9.77. The van der Waals surface area contributed by atoms with Gasteiger partial charge in [0.2, 0.25) is 0 Å². The summed E-state index contributed by atoms with van der Waals surface area (Å²) >= 11 is 0. The van der Waals surface area contributed by atoms with Crippen LogP contribution in [0.25, 0.3) is 0 Å². The van der Waals surface area contributed by atoms with Crippen LogP contribution in [-0.4, -0.2) is 12.4 Å². The number of aryl methyl sites for hydroxylation is 2. The Morgan fingerprint density at radius 2 is 1.95 bits per heavy atom. The summed E-state index contributed by atoms with van der Waals surface area (Å²) < 4.78 is 0. The highest BCUT2D eigenvalue weighted by Gasteiger charge is 2.03. The molecule has 0 aromatic heterocycles. The second-order valence-corrected chi connectivity index (χ2v) is 5.27. The topological polar surface area (TPSA) is 36.2 Å². The molecule has 0 spiro atoms. The van der Waals surface area contributed by atoms with Crippen LogP contribution in [0.2, 0.25) is 0 Å². The van der Waals surface area contributed by atoms with E-state index in [0.29, 0.717) is 11.4 Å². The van der Waals surface area contributed by atoms with Crippen LogP contribution in [-0.2, 0) is 6.42 Å². The van der Waals surface area contributed by atoms with Crippen molar-refractivity contribution in [1.82, 2.24) is 0 Å². The minimum Gasteiger partial charge on any atom is -0.305 e. The van der Waals surface area contributed by atoms with Gasteiger partial charge in [-0.05, 0) is 62.4 Å². The summed E-state index contributed by atoms with van der Waals surface area (Å²) in [7, 11) is 0. The lowest BCUT2D eigenvalue weighted by Crippen LogP contribution is -1.93. The van der Waals surface area contributed by atoms with Crippen LogP contribution in [0, 0.1) is 24.2 Å². The molecule has 1 N–H and O–H groups in total. The van der Waals surface area contributed by atoms with Gasteiger partial charge in [0.15, 0.2) is 0 Å². The molecule has 0 saturated carbocycles. The van der Waals surface area contributed by atoms with Crippen LogP contribution in [0.1, 0.15) is 41.7 Å². The van der Waals surface area contributed by atoms with Crippen LogP contribution in [0.15, 0.2) is 41.4 Å². The fourth-order valence-electron chi connectivity index (χ4n) is 2.22. The molecular weight excluding hydrogens is 268 g/mol. The van der Waals surface area contributed by atoms with Gasteiger partial charge in [0.25, 0.3) is 0 Å². The zero-order chi connectivity index (χ0) is 16.1. The van der Waals surface area contributed by atoms with Crippen LogP contribution >= 0.6 is 0 Å². The van der Waals surface area contributed by atoms with E-state index in [9.17, 15) is 0 Å². The summed E-state index contributed by atoms with van der Waals surface area (Å²) in [6.07, 6.45) is 1.01. The maximum Gasteiger partial charge on any atom is 0.0725 e. The number of rotatable bonds is 3. The number of nitrogens with zero attached hydrogens (tertiary/aromatic N) is 1. The maximum atomic E-state index is 7.74. The van der Waals surface area contributed by atoms with Crippen molar-refractivity contribution in [2.24, 2.45) is 4.99 Å². The third-order valence-electron chi connectivity index (χ3n) is 3.62. The highest BCUT2D eigenvalue weighted by molar-refractivity contribution is 6.01. The minimum atomic E-state index is 0.480. The molecule has 0 bridgehead atoms. The van der Waals surface area contributed by atoms with Crippen molar-refractivity contribution < 1.29 is 0 Å². The molecule has 0 amide bonds. The molecule has 110 valence electrons. The Kier molecular flexibility index (Phi) is 4.91. The predicted octanol–water partition coefficient (Wildman–Crippen LogP) is 4.68. The van der Waals surface area contributed by atoms with E-state index < -0.39 is 0 Å². The zero-order valence-electron chi connectivity index (χ0n) is 13.3. The second kappa shape index (κ2) is 6.87. The van der Waals surface area contributed by atoms with Gasteiger partial charge >= 0.3 is 0 Å². The summed E-state index contributed by atoms with van der Waals surface area (Å²) in [5.74, 6) is 6.42. The summed E-state index contributed by atoms with van der Waals surface area (Å²) in [6, 6.07) is 12.1. The van der Waals surface area contributed by atoms with Gasteiger partial charge in [0, 0.05) is 22.4 Å². The highest BCUT2D eigenvalue weighted by atomic mass is 14.7. The fourth-order valence-corrected chi connectivity index (χ4v) is 2.22. The first-order valence-corrected chi connectivity index (χ1v) is 7.33. The first-order valence-electron chi connectivity index (χ1n) is 7.33. The average Bonchev–Trinajstić information content (AvgIpc) is 2.53. The van der Waals surface area contributed by atoms with E-state index in [0.717, 1.165) is 23.1 Å². The van der Waals surface area contributed by atoms with Gasteiger partial charge in [0.1, 0.15) is 0 Å². The lowest BCUT2D eigenvalue weighted by Gasteiger charge is -2.04. The molecule has 22 heavy (non-hydrogen) atoms. The van der Waals surface area contributed by atoms with Crippen molar-refractivity contribution in [1.29, 1.82) is 5.41 Å². The van der Waals surface area contributed by atoms with Gasteiger partial charge in [-0.25, -0.2) is 0 Å².